The molecule has 1 aliphatic heterocycles. The van der Waals surface area contributed by atoms with Crippen molar-refractivity contribution >= 4 is 11.8 Å². The standard InChI is InChI=1S/C30H34N2O4/c1-21-18-32(22(2)17-31(21)19-24-8-5-4-6-9-24)30(26-14-12-25(13-15-26)23(3)33)27-10-7-11-28(16-27)36-20-29(34)35/h4-16,21-22,30H,17-20H2,1-3H3,(H,34,35)/t21-,22+,30?/m1/s1. The highest BCUT2D eigenvalue weighted by Gasteiger charge is 2.35. The number of hydrogen-bond acceptors (Lipinski definition) is 5. The molecule has 1 aliphatic rings. The van der Waals surface area contributed by atoms with Crippen molar-refractivity contribution in [2.24, 2.45) is 0 Å². The first-order chi connectivity index (χ1) is 17.3. The maximum Gasteiger partial charge on any atom is 0.341 e. The number of piperazine rings is 1. The van der Waals surface area contributed by atoms with Crippen molar-refractivity contribution in [2.75, 3.05) is 19.7 Å². The van der Waals surface area contributed by atoms with Crippen LogP contribution in [-0.2, 0) is 11.3 Å². The lowest BCUT2D eigenvalue weighted by atomic mass is 9.92. The fraction of sp³-hybridized carbons (Fsp3) is 0.333. The quantitative estimate of drug-likeness (QED) is 0.428. The Balaban J connectivity index is 1.64. The van der Waals surface area contributed by atoms with Crippen LogP contribution < -0.4 is 4.74 Å². The van der Waals surface area contributed by atoms with Gasteiger partial charge in [-0.2, -0.15) is 0 Å². The molecule has 0 aromatic heterocycles. The zero-order valence-electron chi connectivity index (χ0n) is 21.1. The minimum absolute atomic E-state index is 0.0404. The largest absolute Gasteiger partial charge is 0.482 e. The molecule has 3 atom stereocenters. The summed E-state index contributed by atoms with van der Waals surface area (Å²) in [5.74, 6) is -0.434. The van der Waals surface area contributed by atoms with Gasteiger partial charge in [-0.25, -0.2) is 4.79 Å². The minimum Gasteiger partial charge on any atom is -0.482 e. The molecule has 1 saturated heterocycles. The zero-order chi connectivity index (χ0) is 25.7. The van der Waals surface area contributed by atoms with Crippen LogP contribution in [0.5, 0.6) is 5.75 Å². The van der Waals surface area contributed by atoms with Gasteiger partial charge in [0, 0.05) is 37.3 Å². The molecule has 3 aromatic carbocycles. The number of carbonyl (C=O) groups is 2. The van der Waals surface area contributed by atoms with Gasteiger partial charge in [-0.15, -0.1) is 0 Å². The predicted molar refractivity (Wildman–Crippen MR) is 140 cm³/mol. The molecule has 0 aliphatic carbocycles. The third kappa shape index (κ3) is 6.20. The molecule has 4 rings (SSSR count). The van der Waals surface area contributed by atoms with E-state index in [4.69, 9.17) is 9.84 Å². The molecule has 1 fully saturated rings. The first kappa shape index (κ1) is 25.6. The minimum atomic E-state index is -1.01. The Kier molecular flexibility index (Phi) is 8.18. The van der Waals surface area contributed by atoms with Crippen LogP contribution >= 0.6 is 0 Å². The number of ketones is 1. The van der Waals surface area contributed by atoms with Gasteiger partial charge in [-0.3, -0.25) is 14.6 Å². The van der Waals surface area contributed by atoms with E-state index >= 15 is 0 Å². The fourth-order valence-electron chi connectivity index (χ4n) is 5.02. The van der Waals surface area contributed by atoms with Crippen molar-refractivity contribution in [3.05, 3.63) is 101 Å². The van der Waals surface area contributed by atoms with Crippen molar-refractivity contribution in [3.8, 4) is 5.75 Å². The maximum absolute atomic E-state index is 11.9. The van der Waals surface area contributed by atoms with E-state index in [0.717, 1.165) is 30.8 Å². The van der Waals surface area contributed by atoms with Gasteiger partial charge < -0.3 is 9.84 Å². The fourth-order valence-corrected chi connectivity index (χ4v) is 5.02. The van der Waals surface area contributed by atoms with Crippen LogP contribution in [0, 0.1) is 0 Å². The summed E-state index contributed by atoms with van der Waals surface area (Å²) in [6.07, 6.45) is 0. The Morgan fingerprint density at radius 2 is 1.64 bits per heavy atom. The van der Waals surface area contributed by atoms with Gasteiger partial charge in [0.25, 0.3) is 0 Å². The number of carboxylic acid groups (broad SMARTS) is 1. The average Bonchev–Trinajstić information content (AvgIpc) is 2.87. The van der Waals surface area contributed by atoms with E-state index in [1.165, 1.54) is 5.56 Å². The number of rotatable bonds is 9. The molecule has 0 radical (unpaired) electrons. The van der Waals surface area contributed by atoms with Crippen LogP contribution in [-0.4, -0.2) is 58.4 Å². The Bertz CT molecular complexity index is 1180. The second-order valence-corrected chi connectivity index (χ2v) is 9.65. The topological polar surface area (TPSA) is 70.1 Å². The van der Waals surface area contributed by atoms with Gasteiger partial charge in [0.05, 0.1) is 6.04 Å². The summed E-state index contributed by atoms with van der Waals surface area (Å²) >= 11 is 0. The van der Waals surface area contributed by atoms with Crippen LogP contribution in [0.25, 0.3) is 0 Å². The second kappa shape index (κ2) is 11.5. The molecule has 6 heteroatoms. The van der Waals surface area contributed by atoms with E-state index in [1.807, 2.05) is 42.5 Å². The molecular formula is C30H34N2O4. The SMILES string of the molecule is CC(=O)c1ccc(C(c2cccc(OCC(=O)O)c2)N2C[C@@H](C)N(Cc3ccccc3)C[C@@H]2C)cc1. The molecule has 188 valence electrons. The third-order valence-electron chi connectivity index (χ3n) is 6.89. The van der Waals surface area contributed by atoms with Gasteiger partial charge in [0.1, 0.15) is 5.75 Å². The van der Waals surface area contributed by atoms with Crippen molar-refractivity contribution in [2.45, 2.75) is 45.4 Å². The first-order valence-electron chi connectivity index (χ1n) is 12.4. The van der Waals surface area contributed by atoms with Crippen LogP contribution in [0.1, 0.15) is 53.9 Å². The number of nitrogens with zero attached hydrogens (tertiary/aromatic N) is 2. The molecule has 1 N–H and O–H groups in total. The van der Waals surface area contributed by atoms with E-state index in [9.17, 15) is 9.59 Å². The maximum atomic E-state index is 11.9. The Hall–Kier alpha value is -3.48. The molecule has 0 bridgehead atoms. The van der Waals surface area contributed by atoms with Crippen LogP contribution in [0.15, 0.2) is 78.9 Å². The van der Waals surface area contributed by atoms with Crippen LogP contribution in [0.3, 0.4) is 0 Å². The summed E-state index contributed by atoms with van der Waals surface area (Å²) in [5, 5.41) is 9.03. The van der Waals surface area contributed by atoms with Gasteiger partial charge in [0.2, 0.25) is 0 Å². The molecule has 0 spiro atoms. The lowest BCUT2D eigenvalue weighted by Gasteiger charge is -2.47. The van der Waals surface area contributed by atoms with E-state index < -0.39 is 5.97 Å². The van der Waals surface area contributed by atoms with Crippen molar-refractivity contribution < 1.29 is 19.4 Å². The van der Waals surface area contributed by atoms with E-state index in [-0.39, 0.29) is 24.5 Å². The molecular weight excluding hydrogens is 452 g/mol. The number of Topliss-reactive ketones (excluding diaryl/α,β-unsaturated/α-hetero) is 1. The Labute approximate surface area is 213 Å². The van der Waals surface area contributed by atoms with Gasteiger partial charge in [-0.1, -0.05) is 66.7 Å². The number of benzene rings is 3. The summed E-state index contributed by atoms with van der Waals surface area (Å²) in [6, 6.07) is 26.6. The van der Waals surface area contributed by atoms with E-state index in [0.29, 0.717) is 17.4 Å². The summed E-state index contributed by atoms with van der Waals surface area (Å²) < 4.78 is 5.49. The highest BCUT2D eigenvalue weighted by molar-refractivity contribution is 5.94. The van der Waals surface area contributed by atoms with E-state index in [1.54, 1.807) is 13.0 Å². The predicted octanol–water partition coefficient (Wildman–Crippen LogP) is 5.04. The molecule has 3 aromatic rings. The monoisotopic (exact) mass is 486 g/mol. The summed E-state index contributed by atoms with van der Waals surface area (Å²) in [4.78, 5) is 27.9. The number of carbonyl (C=O) groups excluding carboxylic acids is 1. The number of ether oxygens (including phenoxy) is 1. The Morgan fingerprint density at radius 3 is 2.31 bits per heavy atom. The van der Waals surface area contributed by atoms with Crippen LogP contribution in [0.2, 0.25) is 0 Å². The number of aliphatic carboxylic acids is 1. The summed E-state index contributed by atoms with van der Waals surface area (Å²) in [7, 11) is 0. The number of hydrogen-bond donors (Lipinski definition) is 1. The smallest absolute Gasteiger partial charge is 0.341 e. The van der Waals surface area contributed by atoms with Gasteiger partial charge >= 0.3 is 5.97 Å². The second-order valence-electron chi connectivity index (χ2n) is 9.65. The van der Waals surface area contributed by atoms with Gasteiger partial charge in [-0.05, 0) is 49.6 Å². The molecule has 36 heavy (non-hydrogen) atoms. The van der Waals surface area contributed by atoms with E-state index in [2.05, 4.69) is 54.0 Å². The Morgan fingerprint density at radius 1 is 0.917 bits per heavy atom. The highest BCUT2D eigenvalue weighted by atomic mass is 16.5. The first-order valence-corrected chi connectivity index (χ1v) is 12.4. The van der Waals surface area contributed by atoms with Crippen LogP contribution in [0.4, 0.5) is 0 Å². The lowest BCUT2D eigenvalue weighted by molar-refractivity contribution is -0.139. The normalized spacial score (nSPS) is 19.5. The average molecular weight is 487 g/mol. The third-order valence-corrected chi connectivity index (χ3v) is 6.89. The molecule has 1 unspecified atom stereocenters. The van der Waals surface area contributed by atoms with Gasteiger partial charge in [0.15, 0.2) is 12.4 Å². The van der Waals surface area contributed by atoms with Crippen molar-refractivity contribution in [1.82, 2.24) is 9.80 Å². The van der Waals surface area contributed by atoms with Crippen molar-refractivity contribution in [3.63, 3.8) is 0 Å². The zero-order valence-corrected chi connectivity index (χ0v) is 21.1. The van der Waals surface area contributed by atoms with Crippen molar-refractivity contribution in [1.29, 1.82) is 0 Å². The molecule has 6 nitrogen and oxygen atoms in total. The lowest BCUT2D eigenvalue weighted by Crippen LogP contribution is -2.56. The number of carboxylic acids is 1. The molecule has 0 saturated carbocycles. The summed E-state index contributed by atoms with van der Waals surface area (Å²) in [6.45, 7) is 8.42. The molecule has 1 heterocycles. The summed E-state index contributed by atoms with van der Waals surface area (Å²) in [5.41, 5.74) is 4.12. The molecule has 0 amide bonds. The highest BCUT2D eigenvalue weighted by Crippen LogP contribution is 2.35.